The third kappa shape index (κ3) is 9.66. The summed E-state index contributed by atoms with van der Waals surface area (Å²) >= 11 is 0. The Balaban J connectivity index is 3.11. The van der Waals surface area contributed by atoms with Crippen molar-refractivity contribution >= 4 is 0 Å². The molecule has 0 aliphatic carbocycles. The van der Waals surface area contributed by atoms with Gasteiger partial charge in [-0.3, -0.25) is 0 Å². The van der Waals surface area contributed by atoms with Gasteiger partial charge in [0.05, 0.1) is 12.2 Å². The van der Waals surface area contributed by atoms with E-state index in [0.29, 0.717) is 26.1 Å². The van der Waals surface area contributed by atoms with Crippen LogP contribution in [-0.4, -0.2) is 35.6 Å². The molecule has 0 rings (SSSR count). The van der Waals surface area contributed by atoms with Crippen molar-refractivity contribution in [3.63, 3.8) is 0 Å². The molecule has 0 aromatic rings. The van der Waals surface area contributed by atoms with Gasteiger partial charge in [0.1, 0.15) is 0 Å². The number of aliphatic hydroxyl groups excluding tert-OH is 2. The van der Waals surface area contributed by atoms with Crippen molar-refractivity contribution in [2.75, 3.05) is 13.2 Å². The van der Waals surface area contributed by atoms with Crippen molar-refractivity contribution in [3.8, 4) is 0 Å². The van der Waals surface area contributed by atoms with Gasteiger partial charge >= 0.3 is 0 Å². The maximum absolute atomic E-state index is 9.15. The van der Waals surface area contributed by atoms with Crippen LogP contribution in [0.4, 0.5) is 0 Å². The second-order valence-electron chi connectivity index (χ2n) is 3.50. The van der Waals surface area contributed by atoms with Crippen molar-refractivity contribution in [1.29, 1.82) is 0 Å². The minimum absolute atomic E-state index is 0.420. The van der Waals surface area contributed by atoms with Gasteiger partial charge in [0.15, 0.2) is 0 Å². The van der Waals surface area contributed by atoms with E-state index in [1.807, 2.05) is 0 Å². The third-order valence-corrected chi connectivity index (χ3v) is 2.12. The summed E-state index contributed by atoms with van der Waals surface area (Å²) in [4.78, 5) is 0. The lowest BCUT2D eigenvalue weighted by Crippen LogP contribution is -2.06. The Labute approximate surface area is 92.1 Å². The fraction of sp³-hybridized carbons (Fsp3) is 0.667. The molecule has 0 radical (unpaired) electrons. The van der Waals surface area contributed by atoms with Crippen LogP contribution >= 0.6 is 0 Å². The summed E-state index contributed by atoms with van der Waals surface area (Å²) in [6.45, 7) is 8.28. The average Bonchev–Trinajstić information content (AvgIpc) is 2.26. The zero-order valence-corrected chi connectivity index (χ0v) is 9.27. The molecule has 0 spiro atoms. The molecule has 0 bridgehead atoms. The zero-order chi connectivity index (χ0) is 11.5. The van der Waals surface area contributed by atoms with Gasteiger partial charge < -0.3 is 14.9 Å². The fourth-order valence-corrected chi connectivity index (χ4v) is 1.13. The first-order chi connectivity index (χ1) is 7.20. The Hall–Kier alpha value is -0.640. The lowest BCUT2D eigenvalue weighted by Gasteiger charge is -2.07. The van der Waals surface area contributed by atoms with Crippen molar-refractivity contribution in [1.82, 2.24) is 0 Å². The highest BCUT2D eigenvalue weighted by Crippen LogP contribution is 2.01. The predicted octanol–water partition coefficient (Wildman–Crippen LogP) is 1.66. The van der Waals surface area contributed by atoms with Crippen molar-refractivity contribution in [3.05, 3.63) is 25.3 Å². The highest BCUT2D eigenvalue weighted by molar-refractivity contribution is 4.78. The van der Waals surface area contributed by atoms with Gasteiger partial charge in [0, 0.05) is 13.2 Å². The highest BCUT2D eigenvalue weighted by Gasteiger charge is 1.99. The van der Waals surface area contributed by atoms with Crippen molar-refractivity contribution < 1.29 is 14.9 Å². The van der Waals surface area contributed by atoms with E-state index in [1.165, 1.54) is 12.2 Å². The summed E-state index contributed by atoms with van der Waals surface area (Å²) in [7, 11) is 0. The summed E-state index contributed by atoms with van der Waals surface area (Å²) in [6.07, 6.45) is 5.26. The van der Waals surface area contributed by atoms with E-state index in [0.717, 1.165) is 12.8 Å². The molecule has 2 N–H and O–H groups in total. The summed E-state index contributed by atoms with van der Waals surface area (Å²) < 4.78 is 5.33. The minimum Gasteiger partial charge on any atom is -0.389 e. The van der Waals surface area contributed by atoms with Gasteiger partial charge in [-0.15, -0.1) is 13.2 Å². The van der Waals surface area contributed by atoms with Crippen LogP contribution < -0.4 is 0 Å². The van der Waals surface area contributed by atoms with Crippen LogP contribution in [0.25, 0.3) is 0 Å². The molecule has 0 amide bonds. The quantitative estimate of drug-likeness (QED) is 0.429. The van der Waals surface area contributed by atoms with Gasteiger partial charge in [-0.05, 0) is 25.7 Å². The molecular formula is C12H22O3. The lowest BCUT2D eigenvalue weighted by atomic mass is 10.2. The van der Waals surface area contributed by atoms with Crippen LogP contribution in [0.15, 0.2) is 25.3 Å². The standard InChI is InChI=1S/C12H22O3/c1-3-11(13)7-5-9-15-10-6-8-12(14)4-2/h3-4,11-14H,1-2,5-10H2. The molecule has 3 heteroatoms. The first kappa shape index (κ1) is 14.4. The van der Waals surface area contributed by atoms with Gasteiger partial charge in [0.25, 0.3) is 0 Å². The van der Waals surface area contributed by atoms with E-state index in [4.69, 9.17) is 14.9 Å². The molecule has 2 unspecified atom stereocenters. The summed E-state index contributed by atoms with van der Waals surface area (Å²) in [5.74, 6) is 0. The number of hydrogen-bond acceptors (Lipinski definition) is 3. The third-order valence-electron chi connectivity index (χ3n) is 2.12. The normalized spacial score (nSPS) is 14.5. The van der Waals surface area contributed by atoms with E-state index in [-0.39, 0.29) is 0 Å². The Morgan fingerprint density at radius 1 is 0.933 bits per heavy atom. The summed E-state index contributed by atoms with van der Waals surface area (Å²) in [5.41, 5.74) is 0. The molecule has 0 heterocycles. The Bertz CT molecular complexity index is 150. The Morgan fingerprint density at radius 2 is 1.33 bits per heavy atom. The lowest BCUT2D eigenvalue weighted by molar-refractivity contribution is 0.105. The molecular weight excluding hydrogens is 192 g/mol. The maximum Gasteiger partial charge on any atom is 0.0719 e. The first-order valence-corrected chi connectivity index (χ1v) is 5.39. The predicted molar refractivity (Wildman–Crippen MR) is 61.7 cm³/mol. The molecule has 0 aliphatic heterocycles. The molecule has 0 saturated carbocycles. The van der Waals surface area contributed by atoms with E-state index in [2.05, 4.69) is 13.2 Å². The number of aliphatic hydroxyl groups is 2. The molecule has 0 aromatic carbocycles. The van der Waals surface area contributed by atoms with Gasteiger partial charge in [-0.25, -0.2) is 0 Å². The summed E-state index contributed by atoms with van der Waals surface area (Å²) in [6, 6.07) is 0. The van der Waals surface area contributed by atoms with Gasteiger partial charge in [-0.1, -0.05) is 12.2 Å². The number of hydrogen-bond donors (Lipinski definition) is 2. The Morgan fingerprint density at radius 3 is 1.67 bits per heavy atom. The highest BCUT2D eigenvalue weighted by atomic mass is 16.5. The maximum atomic E-state index is 9.15. The van der Waals surface area contributed by atoms with Crippen LogP contribution in [-0.2, 0) is 4.74 Å². The number of rotatable bonds is 10. The van der Waals surface area contributed by atoms with Crippen molar-refractivity contribution in [2.45, 2.75) is 37.9 Å². The molecule has 0 saturated heterocycles. The van der Waals surface area contributed by atoms with E-state index >= 15 is 0 Å². The van der Waals surface area contributed by atoms with E-state index in [1.54, 1.807) is 0 Å². The second kappa shape index (κ2) is 9.90. The Kier molecular flexibility index (Phi) is 9.48. The zero-order valence-electron chi connectivity index (χ0n) is 9.27. The second-order valence-corrected chi connectivity index (χ2v) is 3.50. The van der Waals surface area contributed by atoms with E-state index < -0.39 is 12.2 Å². The van der Waals surface area contributed by atoms with Crippen molar-refractivity contribution in [2.24, 2.45) is 0 Å². The SMILES string of the molecule is C=CC(O)CCCOCCCC(O)C=C. The van der Waals surface area contributed by atoms with Gasteiger partial charge in [-0.2, -0.15) is 0 Å². The first-order valence-electron chi connectivity index (χ1n) is 5.39. The smallest absolute Gasteiger partial charge is 0.0719 e. The van der Waals surface area contributed by atoms with Gasteiger partial charge in [0.2, 0.25) is 0 Å². The van der Waals surface area contributed by atoms with Crippen LogP contribution in [0.1, 0.15) is 25.7 Å². The number of ether oxygens (including phenoxy) is 1. The average molecular weight is 214 g/mol. The van der Waals surface area contributed by atoms with Crippen LogP contribution in [0.5, 0.6) is 0 Å². The van der Waals surface area contributed by atoms with Crippen LogP contribution in [0.2, 0.25) is 0 Å². The topological polar surface area (TPSA) is 49.7 Å². The molecule has 3 nitrogen and oxygen atoms in total. The molecule has 15 heavy (non-hydrogen) atoms. The fourth-order valence-electron chi connectivity index (χ4n) is 1.13. The molecule has 0 fully saturated rings. The monoisotopic (exact) mass is 214 g/mol. The molecule has 88 valence electrons. The largest absolute Gasteiger partial charge is 0.389 e. The molecule has 0 aliphatic rings. The molecule has 0 aromatic heterocycles. The van der Waals surface area contributed by atoms with E-state index in [9.17, 15) is 0 Å². The van der Waals surface area contributed by atoms with Crippen LogP contribution in [0, 0.1) is 0 Å². The van der Waals surface area contributed by atoms with Crippen LogP contribution in [0.3, 0.4) is 0 Å². The minimum atomic E-state index is -0.420. The summed E-state index contributed by atoms with van der Waals surface area (Å²) in [5, 5.41) is 18.3. The molecule has 2 atom stereocenters.